The molecule has 0 aliphatic rings. The van der Waals surface area contributed by atoms with E-state index in [-0.39, 0.29) is 6.61 Å². The molecule has 0 fully saturated rings. The summed E-state index contributed by atoms with van der Waals surface area (Å²) in [4.78, 5) is 23.4. The fourth-order valence-electron chi connectivity index (χ4n) is 1.82. The topological polar surface area (TPSA) is 64.6 Å². The van der Waals surface area contributed by atoms with Gasteiger partial charge in [0.25, 0.3) is 5.91 Å². The molecule has 5 nitrogen and oxygen atoms in total. The summed E-state index contributed by atoms with van der Waals surface area (Å²) >= 11 is 3.38. The van der Waals surface area contributed by atoms with Crippen LogP contribution in [-0.2, 0) is 14.3 Å². The van der Waals surface area contributed by atoms with Gasteiger partial charge in [0.2, 0.25) is 0 Å². The Balaban J connectivity index is 1.80. The molecule has 0 saturated carbocycles. The number of anilines is 1. The van der Waals surface area contributed by atoms with Gasteiger partial charge in [-0.3, -0.25) is 4.79 Å². The molecular weight excluding hydrogens is 374 g/mol. The Labute approximate surface area is 148 Å². The number of benzene rings is 2. The standard InChI is InChI=1S/C18H16BrNO4/c1-23-15-9-7-14(8-10-15)20-17(21)12-24-18(22)11-6-13-4-2-3-5-16(13)19/h2-11H,12H2,1H3,(H,20,21)/b11-6+. The zero-order valence-electron chi connectivity index (χ0n) is 13.0. The third kappa shape index (κ3) is 5.55. The number of methoxy groups -OCH3 is 1. The van der Waals surface area contributed by atoms with E-state index in [1.54, 1.807) is 37.5 Å². The molecule has 0 aliphatic carbocycles. The normalized spacial score (nSPS) is 10.4. The van der Waals surface area contributed by atoms with Gasteiger partial charge in [-0.05, 0) is 42.0 Å². The predicted octanol–water partition coefficient (Wildman–Crippen LogP) is 3.65. The van der Waals surface area contributed by atoms with Crippen molar-refractivity contribution >= 4 is 39.6 Å². The number of amides is 1. The average molecular weight is 390 g/mol. The molecule has 0 aliphatic heterocycles. The summed E-state index contributed by atoms with van der Waals surface area (Å²) in [6, 6.07) is 14.3. The SMILES string of the molecule is COc1ccc(NC(=O)COC(=O)/C=C/c2ccccc2Br)cc1. The second-order valence-electron chi connectivity index (χ2n) is 4.74. The molecule has 0 atom stereocenters. The first-order chi connectivity index (χ1) is 11.6. The number of hydrogen-bond donors (Lipinski definition) is 1. The highest BCUT2D eigenvalue weighted by molar-refractivity contribution is 9.10. The Kier molecular flexibility index (Phi) is 6.57. The van der Waals surface area contributed by atoms with E-state index < -0.39 is 11.9 Å². The molecule has 124 valence electrons. The van der Waals surface area contributed by atoms with E-state index in [4.69, 9.17) is 9.47 Å². The van der Waals surface area contributed by atoms with Gasteiger partial charge in [0, 0.05) is 16.2 Å². The van der Waals surface area contributed by atoms with Crippen molar-refractivity contribution in [3.8, 4) is 5.75 Å². The lowest BCUT2D eigenvalue weighted by Gasteiger charge is -2.06. The van der Waals surface area contributed by atoms with Crippen LogP contribution in [-0.4, -0.2) is 25.6 Å². The van der Waals surface area contributed by atoms with Crippen LogP contribution in [0.3, 0.4) is 0 Å². The van der Waals surface area contributed by atoms with Crippen LogP contribution in [0.4, 0.5) is 5.69 Å². The second-order valence-corrected chi connectivity index (χ2v) is 5.59. The molecule has 0 bridgehead atoms. The lowest BCUT2D eigenvalue weighted by molar-refractivity contribution is -0.142. The Hall–Kier alpha value is -2.60. The summed E-state index contributed by atoms with van der Waals surface area (Å²) in [7, 11) is 1.56. The number of hydrogen-bond acceptors (Lipinski definition) is 4. The zero-order chi connectivity index (χ0) is 17.4. The molecular formula is C18H16BrNO4. The first kappa shape index (κ1) is 17.7. The number of esters is 1. The van der Waals surface area contributed by atoms with Gasteiger partial charge in [-0.2, -0.15) is 0 Å². The molecule has 2 aromatic carbocycles. The van der Waals surface area contributed by atoms with Crippen LogP contribution in [0.25, 0.3) is 6.08 Å². The molecule has 24 heavy (non-hydrogen) atoms. The first-order valence-electron chi connectivity index (χ1n) is 7.12. The smallest absolute Gasteiger partial charge is 0.331 e. The van der Waals surface area contributed by atoms with E-state index in [1.165, 1.54) is 6.08 Å². The van der Waals surface area contributed by atoms with E-state index >= 15 is 0 Å². The maximum Gasteiger partial charge on any atom is 0.331 e. The highest BCUT2D eigenvalue weighted by Crippen LogP contribution is 2.17. The van der Waals surface area contributed by atoms with Crippen LogP contribution in [0.1, 0.15) is 5.56 Å². The van der Waals surface area contributed by atoms with Crippen LogP contribution < -0.4 is 10.1 Å². The molecule has 0 aromatic heterocycles. The molecule has 0 heterocycles. The van der Waals surface area contributed by atoms with Crippen molar-refractivity contribution < 1.29 is 19.1 Å². The number of rotatable bonds is 6. The van der Waals surface area contributed by atoms with Crippen LogP contribution in [0.15, 0.2) is 59.1 Å². The van der Waals surface area contributed by atoms with Gasteiger partial charge in [0.15, 0.2) is 6.61 Å². The van der Waals surface area contributed by atoms with E-state index in [0.717, 1.165) is 10.0 Å². The van der Waals surface area contributed by atoms with Gasteiger partial charge >= 0.3 is 5.97 Å². The minimum absolute atomic E-state index is 0.356. The van der Waals surface area contributed by atoms with E-state index in [2.05, 4.69) is 21.2 Å². The Morgan fingerprint density at radius 2 is 1.83 bits per heavy atom. The number of nitrogens with one attached hydrogen (secondary N) is 1. The maximum atomic E-state index is 11.7. The first-order valence-corrected chi connectivity index (χ1v) is 7.91. The number of carbonyl (C=O) groups excluding carboxylic acids is 2. The second kappa shape index (κ2) is 8.88. The quantitative estimate of drug-likeness (QED) is 0.604. The van der Waals surface area contributed by atoms with Crippen molar-refractivity contribution in [3.05, 3.63) is 64.6 Å². The largest absolute Gasteiger partial charge is 0.497 e. The van der Waals surface area contributed by atoms with Crippen molar-refractivity contribution in [3.63, 3.8) is 0 Å². The monoisotopic (exact) mass is 389 g/mol. The van der Waals surface area contributed by atoms with Crippen molar-refractivity contribution in [2.24, 2.45) is 0 Å². The average Bonchev–Trinajstić information content (AvgIpc) is 2.60. The summed E-state index contributed by atoms with van der Waals surface area (Å²) in [5.41, 5.74) is 1.44. The van der Waals surface area contributed by atoms with Gasteiger partial charge in [0.05, 0.1) is 7.11 Å². The molecule has 1 N–H and O–H groups in total. The summed E-state index contributed by atoms with van der Waals surface area (Å²) in [5.74, 6) is -0.310. The van der Waals surface area contributed by atoms with E-state index in [1.807, 2.05) is 24.3 Å². The van der Waals surface area contributed by atoms with Crippen LogP contribution in [0.2, 0.25) is 0 Å². The fraction of sp³-hybridized carbons (Fsp3) is 0.111. The summed E-state index contributed by atoms with van der Waals surface area (Å²) in [5, 5.41) is 2.63. The number of carbonyl (C=O) groups is 2. The molecule has 0 spiro atoms. The highest BCUT2D eigenvalue weighted by Gasteiger charge is 2.06. The van der Waals surface area contributed by atoms with Crippen molar-refractivity contribution in [1.82, 2.24) is 0 Å². The minimum Gasteiger partial charge on any atom is -0.497 e. The fourth-order valence-corrected chi connectivity index (χ4v) is 2.24. The summed E-state index contributed by atoms with van der Waals surface area (Å²) < 4.78 is 10.8. The van der Waals surface area contributed by atoms with Crippen LogP contribution in [0, 0.1) is 0 Å². The lowest BCUT2D eigenvalue weighted by atomic mass is 10.2. The molecule has 6 heteroatoms. The van der Waals surface area contributed by atoms with Crippen LogP contribution in [0.5, 0.6) is 5.75 Å². The van der Waals surface area contributed by atoms with Gasteiger partial charge in [-0.1, -0.05) is 34.1 Å². The van der Waals surface area contributed by atoms with Crippen molar-refractivity contribution in [2.45, 2.75) is 0 Å². The molecule has 2 aromatic rings. The maximum absolute atomic E-state index is 11.7. The summed E-state index contributed by atoms with van der Waals surface area (Å²) in [6.07, 6.45) is 2.90. The van der Waals surface area contributed by atoms with Crippen molar-refractivity contribution in [2.75, 3.05) is 19.0 Å². The van der Waals surface area contributed by atoms with Gasteiger partial charge in [0.1, 0.15) is 5.75 Å². The predicted molar refractivity (Wildman–Crippen MR) is 95.8 cm³/mol. The van der Waals surface area contributed by atoms with E-state index in [9.17, 15) is 9.59 Å². The van der Waals surface area contributed by atoms with Crippen LogP contribution >= 0.6 is 15.9 Å². The Morgan fingerprint density at radius 1 is 1.12 bits per heavy atom. The lowest BCUT2D eigenvalue weighted by Crippen LogP contribution is -2.20. The highest BCUT2D eigenvalue weighted by atomic mass is 79.9. The number of halogens is 1. The molecule has 0 unspecified atom stereocenters. The van der Waals surface area contributed by atoms with Crippen molar-refractivity contribution in [1.29, 1.82) is 0 Å². The van der Waals surface area contributed by atoms with E-state index in [0.29, 0.717) is 11.4 Å². The number of ether oxygens (including phenoxy) is 2. The Morgan fingerprint density at radius 3 is 2.50 bits per heavy atom. The summed E-state index contributed by atoms with van der Waals surface area (Å²) in [6.45, 7) is -0.356. The Bertz CT molecular complexity index is 741. The van der Waals surface area contributed by atoms with Gasteiger partial charge in [-0.25, -0.2) is 4.79 Å². The van der Waals surface area contributed by atoms with Gasteiger partial charge in [-0.15, -0.1) is 0 Å². The third-order valence-electron chi connectivity index (χ3n) is 3.02. The molecule has 1 amide bonds. The zero-order valence-corrected chi connectivity index (χ0v) is 14.6. The van der Waals surface area contributed by atoms with Gasteiger partial charge < -0.3 is 14.8 Å². The minimum atomic E-state index is -0.587. The molecule has 0 saturated heterocycles. The molecule has 0 radical (unpaired) electrons. The molecule has 2 rings (SSSR count). The third-order valence-corrected chi connectivity index (χ3v) is 3.75.